The molecule has 0 aromatic carbocycles. The van der Waals surface area contributed by atoms with E-state index in [1.54, 1.807) is 6.92 Å². The van der Waals surface area contributed by atoms with Gasteiger partial charge in [-0.25, -0.2) is 0 Å². The normalized spacial score (nSPS) is 10.0. The summed E-state index contributed by atoms with van der Waals surface area (Å²) in [6, 6.07) is 0. The van der Waals surface area contributed by atoms with Crippen LogP contribution in [0.25, 0.3) is 0 Å². The summed E-state index contributed by atoms with van der Waals surface area (Å²) in [5.74, 6) is -0.345. The van der Waals surface area contributed by atoms with Crippen LogP contribution in [-0.4, -0.2) is 30.1 Å². The molecule has 0 aromatic rings. The van der Waals surface area contributed by atoms with Crippen LogP contribution < -0.4 is 5.73 Å². The van der Waals surface area contributed by atoms with Crippen molar-refractivity contribution >= 4 is 17.7 Å². The maximum Gasteiger partial charge on any atom is 0.319 e. The molecule has 0 aliphatic rings. The summed E-state index contributed by atoms with van der Waals surface area (Å²) in [6.45, 7) is 8.75. The lowest BCUT2D eigenvalue weighted by Crippen LogP contribution is -2.16. The van der Waals surface area contributed by atoms with Crippen molar-refractivity contribution in [1.29, 1.82) is 0 Å². The molecular weight excluding hydrogens is 186 g/mol. The molecule has 0 amide bonds. The minimum atomic E-state index is -0.345. The highest BCUT2D eigenvalue weighted by molar-refractivity contribution is 7.99. The zero-order chi connectivity index (χ0) is 10.9. The summed E-state index contributed by atoms with van der Waals surface area (Å²) in [7, 11) is 0. The third-order valence-corrected chi connectivity index (χ3v) is 2.31. The van der Waals surface area contributed by atoms with E-state index in [0.29, 0.717) is 11.4 Å². The van der Waals surface area contributed by atoms with E-state index in [1.165, 1.54) is 0 Å². The van der Waals surface area contributed by atoms with Gasteiger partial charge in [0.25, 0.3) is 0 Å². The molecule has 0 aliphatic heterocycles. The second-order valence-electron chi connectivity index (χ2n) is 3.33. The van der Waals surface area contributed by atoms with Gasteiger partial charge in [0.2, 0.25) is 0 Å². The molecule has 0 saturated carbocycles. The van der Waals surface area contributed by atoms with Crippen LogP contribution in [0.4, 0.5) is 0 Å². The van der Waals surface area contributed by atoms with Crippen molar-refractivity contribution in [3.63, 3.8) is 0 Å². The lowest BCUT2D eigenvalue weighted by atomic mass is 10.3. The van der Waals surface area contributed by atoms with Gasteiger partial charge in [-0.2, -0.15) is 11.8 Å². The van der Waals surface area contributed by atoms with Crippen molar-refractivity contribution in [2.75, 3.05) is 19.4 Å². The van der Waals surface area contributed by atoms with Gasteiger partial charge in [0.05, 0.1) is 13.2 Å². The molecule has 0 saturated heterocycles. The van der Waals surface area contributed by atoms with Gasteiger partial charge in [0.15, 0.2) is 0 Å². The van der Waals surface area contributed by atoms with Gasteiger partial charge < -0.3 is 10.5 Å². The second kappa shape index (κ2) is 8.38. The van der Waals surface area contributed by atoms with Crippen molar-refractivity contribution in [3.05, 3.63) is 0 Å². The first-order chi connectivity index (χ1) is 5.87. The Kier molecular flexibility index (Phi) is 9.84. The first-order valence-corrected chi connectivity index (χ1v) is 5.50. The summed E-state index contributed by atoms with van der Waals surface area (Å²) in [5, 5.41) is 0. The fraction of sp³-hybridized carbons (Fsp3) is 0.889. The van der Waals surface area contributed by atoms with Gasteiger partial charge in [-0.05, 0) is 13.2 Å². The maximum absolute atomic E-state index is 10.1. The highest BCUT2D eigenvalue weighted by Crippen LogP contribution is 2.18. The number of thioether (sulfide) groups is 1. The molecule has 0 spiro atoms. The summed E-state index contributed by atoms with van der Waals surface area (Å²) < 4.78 is 4.89. The smallest absolute Gasteiger partial charge is 0.319 e. The monoisotopic (exact) mass is 207 g/mol. The van der Waals surface area contributed by atoms with Gasteiger partial charge in [0, 0.05) is 4.75 Å². The molecule has 0 radical (unpaired) electrons. The number of nitrogens with two attached hydrogens (primary N) is 1. The van der Waals surface area contributed by atoms with E-state index in [0.717, 1.165) is 0 Å². The Hall–Kier alpha value is -0.220. The molecule has 0 aliphatic carbocycles. The average molecular weight is 207 g/mol. The largest absolute Gasteiger partial charge is 0.465 e. The summed E-state index contributed by atoms with van der Waals surface area (Å²) in [6.07, 6.45) is 2.12. The number of carbonyl (C=O) groups excluding carboxylic acids is 1. The zero-order valence-electron chi connectivity index (χ0n) is 9.22. The molecule has 0 heterocycles. The third kappa shape index (κ3) is 18.6. The first kappa shape index (κ1) is 15.3. The molecule has 0 fully saturated rings. The fourth-order valence-electron chi connectivity index (χ4n) is 0.220. The topological polar surface area (TPSA) is 52.3 Å². The molecule has 80 valence electrons. The Bertz CT molecular complexity index is 132. The molecule has 13 heavy (non-hydrogen) atoms. The van der Waals surface area contributed by atoms with Gasteiger partial charge >= 0.3 is 5.97 Å². The first-order valence-electron chi connectivity index (χ1n) is 4.28. The van der Waals surface area contributed by atoms with E-state index < -0.39 is 0 Å². The quantitative estimate of drug-likeness (QED) is 0.700. The Labute approximate surface area is 85.4 Å². The average Bonchev–Trinajstić information content (AvgIpc) is 2.05. The van der Waals surface area contributed by atoms with E-state index in [-0.39, 0.29) is 12.5 Å². The van der Waals surface area contributed by atoms with Gasteiger partial charge in [-0.15, -0.1) is 0 Å². The predicted molar refractivity (Wildman–Crippen MR) is 59.0 cm³/mol. The van der Waals surface area contributed by atoms with Crippen LogP contribution >= 0.6 is 11.8 Å². The molecule has 4 heteroatoms. The Morgan fingerprint density at radius 3 is 1.92 bits per heavy atom. The fourth-order valence-corrected chi connectivity index (χ4v) is 0.220. The van der Waals surface area contributed by atoms with E-state index in [1.807, 2.05) is 11.8 Å². The van der Waals surface area contributed by atoms with Crippen LogP contribution in [0.15, 0.2) is 0 Å². The van der Waals surface area contributed by atoms with Crippen LogP contribution in [0.2, 0.25) is 0 Å². The van der Waals surface area contributed by atoms with Gasteiger partial charge in [-0.3, -0.25) is 4.79 Å². The maximum atomic E-state index is 10.1. The van der Waals surface area contributed by atoms with Crippen LogP contribution in [0, 0.1) is 0 Å². The Balaban J connectivity index is 0. The SMILES string of the molecule is CCOC(=O)CN.CSC(C)(C)C. The van der Waals surface area contributed by atoms with Crippen molar-refractivity contribution in [2.24, 2.45) is 5.73 Å². The molecule has 0 rings (SSSR count). The number of esters is 1. The zero-order valence-corrected chi connectivity index (χ0v) is 10.0. The molecule has 0 bridgehead atoms. The predicted octanol–water partition coefficient (Wildman–Crippen LogP) is 1.66. The molecule has 3 nitrogen and oxygen atoms in total. The summed E-state index contributed by atoms with van der Waals surface area (Å²) in [4.78, 5) is 10.1. The number of hydrogen-bond acceptors (Lipinski definition) is 4. The number of carbonyl (C=O) groups is 1. The Morgan fingerprint density at radius 2 is 1.85 bits per heavy atom. The minimum absolute atomic E-state index is 0.0200. The van der Waals surface area contributed by atoms with E-state index in [4.69, 9.17) is 5.73 Å². The van der Waals surface area contributed by atoms with E-state index in [2.05, 4.69) is 31.8 Å². The number of ether oxygens (including phenoxy) is 1. The van der Waals surface area contributed by atoms with Gasteiger partial charge in [0.1, 0.15) is 0 Å². The Morgan fingerprint density at radius 1 is 1.46 bits per heavy atom. The van der Waals surface area contributed by atoms with E-state index >= 15 is 0 Å². The van der Waals surface area contributed by atoms with Crippen molar-refractivity contribution in [1.82, 2.24) is 0 Å². The number of rotatable bonds is 2. The van der Waals surface area contributed by atoms with Crippen LogP contribution in [0.1, 0.15) is 27.7 Å². The minimum Gasteiger partial charge on any atom is -0.465 e. The molecular formula is C9H21NO2S. The molecule has 0 unspecified atom stereocenters. The van der Waals surface area contributed by atoms with E-state index in [9.17, 15) is 4.79 Å². The molecule has 2 N–H and O–H groups in total. The lowest BCUT2D eigenvalue weighted by Gasteiger charge is -2.12. The standard InChI is InChI=1S/C5H12S.C4H9NO2/c1-5(2,3)6-4;1-2-7-4(6)3-5/h1-4H3;2-3,5H2,1H3. The molecule has 0 atom stereocenters. The second-order valence-corrected chi connectivity index (χ2v) is 4.96. The number of hydrogen-bond donors (Lipinski definition) is 1. The molecule has 0 aromatic heterocycles. The van der Waals surface area contributed by atoms with Crippen molar-refractivity contribution < 1.29 is 9.53 Å². The highest BCUT2D eigenvalue weighted by atomic mass is 32.2. The summed E-state index contributed by atoms with van der Waals surface area (Å²) >= 11 is 1.88. The van der Waals surface area contributed by atoms with Crippen LogP contribution in [0.3, 0.4) is 0 Å². The van der Waals surface area contributed by atoms with Gasteiger partial charge in [-0.1, -0.05) is 20.8 Å². The van der Waals surface area contributed by atoms with Crippen LogP contribution in [-0.2, 0) is 9.53 Å². The van der Waals surface area contributed by atoms with Crippen molar-refractivity contribution in [2.45, 2.75) is 32.4 Å². The van der Waals surface area contributed by atoms with Crippen molar-refractivity contribution in [3.8, 4) is 0 Å². The third-order valence-electron chi connectivity index (χ3n) is 1.08. The highest BCUT2D eigenvalue weighted by Gasteiger charge is 2.04. The lowest BCUT2D eigenvalue weighted by molar-refractivity contribution is -0.141. The van der Waals surface area contributed by atoms with Crippen LogP contribution in [0.5, 0.6) is 0 Å². The summed E-state index contributed by atoms with van der Waals surface area (Å²) in [5.41, 5.74) is 4.88.